The van der Waals surface area contributed by atoms with Crippen LogP contribution < -0.4 is 0 Å². The van der Waals surface area contributed by atoms with Crippen LogP contribution in [0, 0.1) is 17.8 Å². The van der Waals surface area contributed by atoms with Crippen LogP contribution in [0.25, 0.3) is 10.9 Å². The maximum absolute atomic E-state index is 12.8. The first-order chi connectivity index (χ1) is 17.0. The van der Waals surface area contributed by atoms with E-state index in [-0.39, 0.29) is 5.78 Å². The minimum atomic E-state index is -2.27. The van der Waals surface area contributed by atoms with Gasteiger partial charge in [-0.05, 0) is 49.3 Å². The van der Waals surface area contributed by atoms with E-state index in [1.807, 2.05) is 30.3 Å². The number of rotatable bonds is 10. The molecule has 36 heavy (non-hydrogen) atoms. The van der Waals surface area contributed by atoms with E-state index in [1.165, 1.54) is 0 Å². The average molecular weight is 501 g/mol. The lowest BCUT2D eigenvalue weighted by Gasteiger charge is -2.38. The number of Topliss-reactive ketones (excluding diaryl/α,β-unsaturated/α-hetero) is 1. The molecule has 1 aliphatic heterocycles. The van der Waals surface area contributed by atoms with E-state index < -0.39 is 24.1 Å². The largest absolute Gasteiger partial charge is 0.479 e. The fourth-order valence-corrected chi connectivity index (χ4v) is 4.47. The van der Waals surface area contributed by atoms with Crippen LogP contribution in [0.3, 0.4) is 0 Å². The monoisotopic (exact) mass is 500 g/mol. The van der Waals surface area contributed by atoms with Crippen LogP contribution in [0.2, 0.25) is 0 Å². The highest BCUT2D eigenvalue weighted by molar-refractivity contribution is 6.07. The molecule has 0 saturated carbocycles. The van der Waals surface area contributed by atoms with Gasteiger partial charge < -0.3 is 25.3 Å². The van der Waals surface area contributed by atoms with E-state index in [4.69, 9.17) is 20.4 Å². The molecule has 1 aromatic carbocycles. The molecule has 9 heteroatoms. The van der Waals surface area contributed by atoms with Crippen LogP contribution in [0.1, 0.15) is 43.5 Å². The fraction of sp³-hybridized carbons (Fsp3) is 0.481. The van der Waals surface area contributed by atoms with E-state index in [9.17, 15) is 14.4 Å². The van der Waals surface area contributed by atoms with Crippen LogP contribution in [0.15, 0.2) is 49.2 Å². The van der Waals surface area contributed by atoms with Crippen LogP contribution in [0.4, 0.5) is 0 Å². The van der Waals surface area contributed by atoms with Gasteiger partial charge in [0.25, 0.3) is 0 Å². The second-order valence-electron chi connectivity index (χ2n) is 9.51. The first kappa shape index (κ1) is 29.1. The highest BCUT2D eigenvalue weighted by Crippen LogP contribution is 2.30. The molecule has 0 bridgehead atoms. The van der Waals surface area contributed by atoms with Gasteiger partial charge in [-0.1, -0.05) is 38.1 Å². The molecule has 2 heterocycles. The lowest BCUT2D eigenvalue weighted by atomic mass is 9.81. The zero-order valence-electron chi connectivity index (χ0n) is 20.8. The second kappa shape index (κ2) is 13.8. The zero-order valence-corrected chi connectivity index (χ0v) is 20.8. The average Bonchev–Trinajstić information content (AvgIpc) is 2.86. The number of carboxylic acids is 2. The van der Waals surface area contributed by atoms with Gasteiger partial charge in [0.2, 0.25) is 0 Å². The SMILES string of the molecule is C=C[C@H]1CN(CC(C)C)CC[C@H]1CCC(=O)c1ccnc2ccccc12.O=C(O)C(O)C(O)C(=O)O. The number of nitrogens with zero attached hydrogens (tertiary/aromatic N) is 2. The Hall–Kier alpha value is -3.14. The number of carboxylic acid groups (broad SMARTS) is 2. The number of hydrogen-bond donors (Lipinski definition) is 4. The minimum absolute atomic E-state index is 0.232. The Bertz CT molecular complexity index is 1030. The molecule has 0 spiro atoms. The molecule has 1 fully saturated rings. The summed E-state index contributed by atoms with van der Waals surface area (Å²) in [5.74, 6) is -1.56. The van der Waals surface area contributed by atoms with Gasteiger partial charge in [0, 0.05) is 36.7 Å². The third kappa shape index (κ3) is 8.22. The van der Waals surface area contributed by atoms with Crippen LogP contribution in [0.5, 0.6) is 0 Å². The molecular weight excluding hydrogens is 464 g/mol. The number of aromatic nitrogens is 1. The van der Waals surface area contributed by atoms with Crippen molar-refractivity contribution < 1.29 is 34.8 Å². The first-order valence-electron chi connectivity index (χ1n) is 12.1. The molecule has 4 atom stereocenters. The molecule has 3 rings (SSSR count). The van der Waals surface area contributed by atoms with Crippen molar-refractivity contribution in [2.75, 3.05) is 19.6 Å². The third-order valence-corrected chi connectivity index (χ3v) is 6.31. The highest BCUT2D eigenvalue weighted by Gasteiger charge is 2.29. The summed E-state index contributed by atoms with van der Waals surface area (Å²) in [6.07, 6.45) is 2.02. The van der Waals surface area contributed by atoms with Crippen molar-refractivity contribution in [2.45, 2.75) is 45.3 Å². The van der Waals surface area contributed by atoms with Gasteiger partial charge >= 0.3 is 11.9 Å². The van der Waals surface area contributed by atoms with Crippen molar-refractivity contribution in [1.82, 2.24) is 9.88 Å². The molecule has 196 valence electrons. The number of carbonyl (C=O) groups is 3. The van der Waals surface area contributed by atoms with Crippen molar-refractivity contribution in [2.24, 2.45) is 17.8 Å². The smallest absolute Gasteiger partial charge is 0.335 e. The summed E-state index contributed by atoms with van der Waals surface area (Å²) in [6, 6.07) is 9.75. The van der Waals surface area contributed by atoms with E-state index >= 15 is 0 Å². The van der Waals surface area contributed by atoms with E-state index in [0.717, 1.165) is 48.9 Å². The summed E-state index contributed by atoms with van der Waals surface area (Å²) in [5, 5.41) is 33.5. The quantitative estimate of drug-likeness (QED) is 0.285. The Morgan fingerprint density at radius 1 is 1.11 bits per heavy atom. The summed E-state index contributed by atoms with van der Waals surface area (Å²) < 4.78 is 0. The molecule has 1 saturated heterocycles. The van der Waals surface area contributed by atoms with E-state index in [0.29, 0.717) is 24.2 Å². The lowest BCUT2D eigenvalue weighted by Crippen LogP contribution is -2.41. The number of aliphatic hydroxyl groups excluding tert-OH is 2. The van der Waals surface area contributed by atoms with Crippen molar-refractivity contribution in [3.63, 3.8) is 0 Å². The third-order valence-electron chi connectivity index (χ3n) is 6.31. The van der Waals surface area contributed by atoms with Crippen molar-refractivity contribution in [1.29, 1.82) is 0 Å². The molecule has 0 aliphatic carbocycles. The molecular formula is C27H36N2O7. The first-order valence-corrected chi connectivity index (χ1v) is 12.1. The van der Waals surface area contributed by atoms with Gasteiger partial charge in [-0.2, -0.15) is 0 Å². The molecule has 0 radical (unpaired) electrons. The van der Waals surface area contributed by atoms with Crippen molar-refractivity contribution >= 4 is 28.6 Å². The van der Waals surface area contributed by atoms with Gasteiger partial charge in [-0.25, -0.2) is 9.59 Å². The number of aliphatic hydroxyl groups is 2. The van der Waals surface area contributed by atoms with Gasteiger partial charge in [0.15, 0.2) is 18.0 Å². The van der Waals surface area contributed by atoms with Crippen LogP contribution in [-0.2, 0) is 9.59 Å². The van der Waals surface area contributed by atoms with E-state index in [2.05, 4.69) is 36.4 Å². The number of fused-ring (bicyclic) bond motifs is 1. The Morgan fingerprint density at radius 3 is 2.33 bits per heavy atom. The van der Waals surface area contributed by atoms with E-state index in [1.54, 1.807) is 6.20 Å². The predicted octanol–water partition coefficient (Wildman–Crippen LogP) is 2.86. The Balaban J connectivity index is 0.000000388. The number of carbonyl (C=O) groups excluding carboxylic acids is 1. The highest BCUT2D eigenvalue weighted by atomic mass is 16.4. The summed E-state index contributed by atoms with van der Waals surface area (Å²) in [6.45, 7) is 12.0. The summed E-state index contributed by atoms with van der Waals surface area (Å²) in [5.41, 5.74) is 1.70. The maximum Gasteiger partial charge on any atom is 0.335 e. The van der Waals surface area contributed by atoms with Gasteiger partial charge in [-0.3, -0.25) is 9.78 Å². The molecule has 1 aliphatic rings. The zero-order chi connectivity index (χ0) is 26.8. The number of hydrogen-bond acceptors (Lipinski definition) is 7. The fourth-order valence-electron chi connectivity index (χ4n) is 4.47. The number of aliphatic carboxylic acids is 2. The van der Waals surface area contributed by atoms with Crippen molar-refractivity contribution in [3.8, 4) is 0 Å². The van der Waals surface area contributed by atoms with Gasteiger partial charge in [0.1, 0.15) is 0 Å². The number of para-hydroxylation sites is 1. The van der Waals surface area contributed by atoms with Crippen molar-refractivity contribution in [3.05, 3.63) is 54.7 Å². The Labute approximate surface area is 211 Å². The summed E-state index contributed by atoms with van der Waals surface area (Å²) in [4.78, 5) is 39.3. The van der Waals surface area contributed by atoms with Crippen LogP contribution >= 0.6 is 0 Å². The molecule has 1 aromatic heterocycles. The molecule has 2 unspecified atom stereocenters. The normalized spacial score (nSPS) is 19.7. The number of piperidine rings is 1. The lowest BCUT2D eigenvalue weighted by molar-refractivity contribution is -0.165. The summed E-state index contributed by atoms with van der Waals surface area (Å²) >= 11 is 0. The minimum Gasteiger partial charge on any atom is -0.479 e. The topological polar surface area (TPSA) is 148 Å². The summed E-state index contributed by atoms with van der Waals surface area (Å²) in [7, 11) is 0. The Kier molecular flexibility index (Phi) is 11.2. The number of likely N-dealkylation sites (tertiary alicyclic amines) is 1. The standard InChI is InChI=1S/C23H30N2O.C4H6O6/c1-4-18-16-25(15-17(2)3)14-12-19(18)9-10-23(26)21-11-13-24-22-8-6-5-7-20(21)22;5-1(3(7)8)2(6)4(9)10/h4-8,11,13,17-19H,1,9-10,12,14-16H2,2-3H3;1-2,5-6H,(H,7,8)(H,9,10)/t18-,19+;/m0./s1. The number of benzene rings is 1. The second-order valence-corrected chi connectivity index (χ2v) is 9.51. The number of ketones is 1. The molecule has 0 amide bonds. The molecule has 2 aromatic rings. The van der Waals surface area contributed by atoms with Crippen LogP contribution in [-0.4, -0.2) is 79.9 Å². The Morgan fingerprint density at radius 2 is 1.75 bits per heavy atom. The van der Waals surface area contributed by atoms with Gasteiger partial charge in [-0.15, -0.1) is 6.58 Å². The molecule has 4 N–H and O–H groups in total. The number of pyridine rings is 1. The predicted molar refractivity (Wildman–Crippen MR) is 136 cm³/mol. The maximum atomic E-state index is 12.8. The van der Waals surface area contributed by atoms with Gasteiger partial charge in [0.05, 0.1) is 5.52 Å². The molecule has 9 nitrogen and oxygen atoms in total.